The van der Waals surface area contributed by atoms with Crippen LogP contribution in [0.15, 0.2) is 146 Å². The standard InChI is InChI=1S/C73H120O16P2/c1-4-7-10-13-16-19-22-25-28-30-32-33-35-37-39-41-44-47-50-53-56-59-71(76)83-62-68(74)63-85-90(79,80)86-64-69(75)65-87-91(81,82)88-67-70(89-73(78)61-58-55-52-49-46-43-38-27-24-21-18-15-12-9-6-3)66-84-72(77)60-57-54-51-48-45-42-40-36-34-31-29-26-23-20-17-14-11-8-5-2/h8-9,11-12,16-21,25-29,32-34,36-39,42,45,68-70,74-75H,4-7,10,13-15,22-24,30-31,35,40-41,43-44,46-67H2,1-3H3,(H,79,80)(H,81,82)/b11-8-,12-9-,19-16-,20-17-,21-18-,28-25-,29-26-,33-32-,36-34-,38-27-,39-37-,45-42-. The fourth-order valence-electron chi connectivity index (χ4n) is 8.36. The van der Waals surface area contributed by atoms with Crippen molar-refractivity contribution in [3.63, 3.8) is 0 Å². The summed E-state index contributed by atoms with van der Waals surface area (Å²) >= 11 is 0. The van der Waals surface area contributed by atoms with E-state index in [1.165, 1.54) is 25.7 Å². The van der Waals surface area contributed by atoms with E-state index in [0.717, 1.165) is 154 Å². The van der Waals surface area contributed by atoms with E-state index in [1.807, 2.05) is 0 Å². The molecule has 0 aromatic heterocycles. The fraction of sp³-hybridized carbons (Fsp3) is 0.630. The van der Waals surface area contributed by atoms with Crippen LogP contribution in [0.2, 0.25) is 0 Å². The van der Waals surface area contributed by atoms with Gasteiger partial charge in [-0.3, -0.25) is 32.5 Å². The Morgan fingerprint density at radius 3 is 0.934 bits per heavy atom. The molecular weight excluding hydrogens is 1190 g/mol. The molecule has 5 unspecified atom stereocenters. The molecule has 4 N–H and O–H groups in total. The molecule has 0 aromatic carbocycles. The molecule has 0 radical (unpaired) electrons. The van der Waals surface area contributed by atoms with Gasteiger partial charge in [-0.15, -0.1) is 0 Å². The maximum atomic E-state index is 12.9. The van der Waals surface area contributed by atoms with Crippen LogP contribution in [-0.4, -0.2) is 95.9 Å². The highest BCUT2D eigenvalue weighted by molar-refractivity contribution is 7.47. The number of carbonyl (C=O) groups is 3. The molecular formula is C73H120O16P2. The van der Waals surface area contributed by atoms with Crippen molar-refractivity contribution in [3.05, 3.63) is 146 Å². The monoisotopic (exact) mass is 1310 g/mol. The number of rotatable bonds is 63. The molecule has 518 valence electrons. The Morgan fingerprint density at radius 2 is 0.582 bits per heavy atom. The van der Waals surface area contributed by atoms with Crippen molar-refractivity contribution in [2.24, 2.45) is 0 Å². The topological polar surface area (TPSA) is 231 Å². The van der Waals surface area contributed by atoms with Crippen LogP contribution in [-0.2, 0) is 55.8 Å². The van der Waals surface area contributed by atoms with Gasteiger partial charge in [0.1, 0.15) is 25.4 Å². The second-order valence-corrected chi connectivity index (χ2v) is 25.1. The summed E-state index contributed by atoms with van der Waals surface area (Å²) in [6, 6.07) is 0. The Morgan fingerprint density at radius 1 is 0.319 bits per heavy atom. The Labute approximate surface area is 549 Å². The van der Waals surface area contributed by atoms with Crippen LogP contribution in [0.4, 0.5) is 0 Å². The lowest BCUT2D eigenvalue weighted by molar-refractivity contribution is -0.161. The lowest BCUT2D eigenvalue weighted by Gasteiger charge is -2.21. The Balaban J connectivity index is 4.74. The molecule has 0 saturated carbocycles. The number of aliphatic hydroxyl groups excluding tert-OH is 2. The predicted molar refractivity (Wildman–Crippen MR) is 371 cm³/mol. The third-order valence-corrected chi connectivity index (χ3v) is 15.4. The predicted octanol–water partition coefficient (Wildman–Crippen LogP) is 19.0. The Hall–Kier alpha value is -4.57. The minimum absolute atomic E-state index is 0.0714. The van der Waals surface area contributed by atoms with Crippen molar-refractivity contribution in [1.82, 2.24) is 0 Å². The zero-order chi connectivity index (χ0) is 66.7. The van der Waals surface area contributed by atoms with Crippen molar-refractivity contribution in [2.75, 3.05) is 39.6 Å². The number of phosphoric acid groups is 2. The van der Waals surface area contributed by atoms with Crippen LogP contribution in [0, 0.1) is 0 Å². The number of hydrogen-bond donors (Lipinski definition) is 4. The van der Waals surface area contributed by atoms with Crippen LogP contribution in [0.3, 0.4) is 0 Å². The van der Waals surface area contributed by atoms with E-state index in [2.05, 4.69) is 167 Å². The molecule has 91 heavy (non-hydrogen) atoms. The molecule has 0 aliphatic rings. The van der Waals surface area contributed by atoms with Gasteiger partial charge < -0.3 is 34.2 Å². The number of allylic oxidation sites excluding steroid dienone is 24. The molecule has 0 saturated heterocycles. The third kappa shape index (κ3) is 66.7. The largest absolute Gasteiger partial charge is 0.472 e. The average molecular weight is 1320 g/mol. The molecule has 0 heterocycles. The Kier molecular flexibility index (Phi) is 62.2. The number of ether oxygens (including phenoxy) is 3. The van der Waals surface area contributed by atoms with Gasteiger partial charge in [-0.05, 0) is 141 Å². The molecule has 0 bridgehead atoms. The summed E-state index contributed by atoms with van der Waals surface area (Å²) in [7, 11) is -9.81. The van der Waals surface area contributed by atoms with Gasteiger partial charge in [0.05, 0.1) is 26.4 Å². The highest BCUT2D eigenvalue weighted by Crippen LogP contribution is 2.45. The van der Waals surface area contributed by atoms with Crippen LogP contribution in [0.5, 0.6) is 0 Å². The van der Waals surface area contributed by atoms with E-state index in [1.54, 1.807) is 0 Å². The van der Waals surface area contributed by atoms with Crippen LogP contribution < -0.4 is 0 Å². The maximum absolute atomic E-state index is 12.9. The number of hydrogen-bond acceptors (Lipinski definition) is 14. The van der Waals surface area contributed by atoms with Crippen molar-refractivity contribution in [1.29, 1.82) is 0 Å². The van der Waals surface area contributed by atoms with Crippen molar-refractivity contribution >= 4 is 33.6 Å². The van der Waals surface area contributed by atoms with E-state index in [9.17, 15) is 43.5 Å². The van der Waals surface area contributed by atoms with Gasteiger partial charge in [0.2, 0.25) is 0 Å². The first-order valence-corrected chi connectivity index (χ1v) is 37.1. The minimum atomic E-state index is -4.94. The summed E-state index contributed by atoms with van der Waals surface area (Å²) in [5, 5.41) is 20.5. The molecule has 0 aliphatic heterocycles. The highest BCUT2D eigenvalue weighted by atomic mass is 31.2. The normalized spacial score (nSPS) is 15.1. The maximum Gasteiger partial charge on any atom is 0.472 e. The smallest absolute Gasteiger partial charge is 0.463 e. The van der Waals surface area contributed by atoms with Gasteiger partial charge >= 0.3 is 33.6 Å². The zero-order valence-corrected chi connectivity index (χ0v) is 57.7. The molecule has 0 amide bonds. The molecule has 5 atom stereocenters. The number of esters is 3. The Bertz CT molecular complexity index is 2240. The molecule has 0 fully saturated rings. The van der Waals surface area contributed by atoms with Gasteiger partial charge in [0.25, 0.3) is 0 Å². The van der Waals surface area contributed by atoms with E-state index in [-0.39, 0.29) is 19.3 Å². The minimum Gasteiger partial charge on any atom is -0.463 e. The van der Waals surface area contributed by atoms with Gasteiger partial charge in [0, 0.05) is 19.3 Å². The van der Waals surface area contributed by atoms with Crippen LogP contribution in [0.25, 0.3) is 0 Å². The van der Waals surface area contributed by atoms with Crippen molar-refractivity contribution in [2.45, 2.75) is 257 Å². The summed E-state index contributed by atoms with van der Waals surface area (Å²) in [5.74, 6) is -1.66. The summed E-state index contributed by atoms with van der Waals surface area (Å²) in [5.41, 5.74) is 0. The lowest BCUT2D eigenvalue weighted by Crippen LogP contribution is -2.30. The van der Waals surface area contributed by atoms with Gasteiger partial charge in [-0.2, -0.15) is 0 Å². The molecule has 0 rings (SSSR count). The van der Waals surface area contributed by atoms with Gasteiger partial charge in [0.15, 0.2) is 6.10 Å². The first-order valence-electron chi connectivity index (χ1n) is 34.1. The molecule has 0 aromatic rings. The summed E-state index contributed by atoms with van der Waals surface area (Å²) in [6.45, 7) is 2.30. The second-order valence-electron chi connectivity index (χ2n) is 22.2. The number of carbonyl (C=O) groups excluding carboxylic acids is 3. The number of phosphoric ester groups is 2. The summed E-state index contributed by atoms with van der Waals surface area (Å²) in [4.78, 5) is 58.4. The van der Waals surface area contributed by atoms with Crippen molar-refractivity contribution < 1.29 is 75.8 Å². The first-order chi connectivity index (χ1) is 44.2. The summed E-state index contributed by atoms with van der Waals surface area (Å²) < 4.78 is 60.8. The third-order valence-electron chi connectivity index (χ3n) is 13.5. The van der Waals surface area contributed by atoms with Crippen molar-refractivity contribution in [3.8, 4) is 0 Å². The van der Waals surface area contributed by atoms with E-state index in [0.29, 0.717) is 19.3 Å². The number of aliphatic hydroxyl groups is 2. The second kappa shape index (κ2) is 65.5. The number of unbranched alkanes of at least 4 members (excludes halogenated alkanes) is 16. The summed E-state index contributed by atoms with van der Waals surface area (Å²) in [6.07, 6.45) is 77.5. The molecule has 0 spiro atoms. The quantitative estimate of drug-likeness (QED) is 0.0146. The van der Waals surface area contributed by atoms with E-state index in [4.69, 9.17) is 32.3 Å². The average Bonchev–Trinajstić information content (AvgIpc) is 3.08. The molecule has 0 aliphatic carbocycles. The lowest BCUT2D eigenvalue weighted by atomic mass is 10.1. The highest BCUT2D eigenvalue weighted by Gasteiger charge is 2.29. The van der Waals surface area contributed by atoms with Gasteiger partial charge in [-0.25, -0.2) is 9.13 Å². The van der Waals surface area contributed by atoms with Gasteiger partial charge in [-0.1, -0.05) is 224 Å². The fourth-order valence-corrected chi connectivity index (χ4v) is 9.94. The zero-order valence-electron chi connectivity index (χ0n) is 56.0. The first kappa shape index (κ1) is 86.4. The molecule has 16 nitrogen and oxygen atoms in total. The van der Waals surface area contributed by atoms with Crippen LogP contribution in [0.1, 0.15) is 239 Å². The molecule has 18 heteroatoms. The van der Waals surface area contributed by atoms with E-state index < -0.39 is 91.5 Å². The SMILES string of the molecule is CC/C=C\C/C=C\C/C=C\C/C=C\C/C=C\CCCCCC(=O)OCC(COP(=O)(O)OCC(O)COP(=O)(O)OCC(O)COC(=O)CCCCCCC/C=C\C/C=C\C/C=C\C/C=C\CCCCC)OC(=O)CCCCCCC/C=C\C/C=C\C/C=C\CC. The van der Waals surface area contributed by atoms with E-state index >= 15 is 0 Å². The van der Waals surface area contributed by atoms with Crippen LogP contribution >= 0.6 is 15.6 Å².